The van der Waals surface area contributed by atoms with Crippen molar-refractivity contribution in [3.8, 4) is 11.1 Å². The summed E-state index contributed by atoms with van der Waals surface area (Å²) in [4.78, 5) is 7.43. The molecule has 1 heterocycles. The van der Waals surface area contributed by atoms with Gasteiger partial charge < -0.3 is 10.3 Å². The number of hydrogen-bond donors (Lipinski definition) is 2. The van der Waals surface area contributed by atoms with E-state index < -0.39 is 0 Å². The maximum atomic E-state index is 14.6. The molecule has 26 heavy (non-hydrogen) atoms. The fourth-order valence-corrected chi connectivity index (χ4v) is 4.06. The second-order valence-electron chi connectivity index (χ2n) is 7.53. The van der Waals surface area contributed by atoms with Crippen molar-refractivity contribution < 1.29 is 4.39 Å². The predicted molar refractivity (Wildman–Crippen MR) is 105 cm³/mol. The number of H-pyrrole nitrogens is 1. The van der Waals surface area contributed by atoms with Crippen molar-refractivity contribution in [3.05, 3.63) is 53.6 Å². The first kappa shape index (κ1) is 17.2. The Balaban J connectivity index is 1.47. The van der Waals surface area contributed by atoms with Gasteiger partial charge in [0.25, 0.3) is 0 Å². The van der Waals surface area contributed by atoms with E-state index in [4.69, 9.17) is 0 Å². The van der Waals surface area contributed by atoms with Gasteiger partial charge >= 0.3 is 0 Å². The molecule has 3 aromatic rings. The quantitative estimate of drug-likeness (QED) is 0.651. The number of nitrogens with one attached hydrogen (secondary N) is 2. The Kier molecular flexibility index (Phi) is 5.02. The van der Waals surface area contributed by atoms with E-state index in [1.807, 2.05) is 25.1 Å². The number of benzene rings is 2. The van der Waals surface area contributed by atoms with Gasteiger partial charge in [-0.3, -0.25) is 0 Å². The Morgan fingerprint density at radius 2 is 2.00 bits per heavy atom. The van der Waals surface area contributed by atoms with Crippen LogP contribution in [-0.2, 0) is 6.54 Å². The first-order chi connectivity index (χ1) is 12.7. The van der Waals surface area contributed by atoms with Crippen LogP contribution in [0.3, 0.4) is 0 Å². The van der Waals surface area contributed by atoms with Gasteiger partial charge in [0.2, 0.25) is 0 Å². The number of nitrogens with zero attached hydrogens (tertiary/aromatic N) is 1. The van der Waals surface area contributed by atoms with E-state index in [1.54, 1.807) is 12.4 Å². The lowest BCUT2D eigenvalue weighted by atomic mass is 9.89. The van der Waals surface area contributed by atoms with Gasteiger partial charge in [-0.2, -0.15) is 0 Å². The molecule has 1 saturated carbocycles. The normalized spacial score (nSPS) is 15.6. The molecule has 136 valence electrons. The topological polar surface area (TPSA) is 40.7 Å². The van der Waals surface area contributed by atoms with Gasteiger partial charge in [-0.25, -0.2) is 9.37 Å². The van der Waals surface area contributed by atoms with Gasteiger partial charge in [-0.05, 0) is 67.1 Å². The molecule has 1 aliphatic carbocycles. The van der Waals surface area contributed by atoms with Crippen LogP contribution in [0.5, 0.6) is 0 Å². The van der Waals surface area contributed by atoms with Crippen molar-refractivity contribution in [2.24, 2.45) is 5.92 Å². The minimum atomic E-state index is -0.139. The molecular formula is C22H26FN3. The largest absolute Gasteiger partial charge is 0.345 e. The number of aromatic nitrogens is 2. The molecule has 2 N–H and O–H groups in total. The maximum Gasteiger partial charge on any atom is 0.128 e. The lowest BCUT2D eigenvalue weighted by Gasteiger charge is -2.21. The highest BCUT2D eigenvalue weighted by molar-refractivity contribution is 5.83. The predicted octanol–water partition coefficient (Wildman–Crippen LogP) is 5.35. The smallest absolute Gasteiger partial charge is 0.128 e. The van der Waals surface area contributed by atoms with Crippen LogP contribution in [0.15, 0.2) is 36.7 Å². The highest BCUT2D eigenvalue weighted by Crippen LogP contribution is 2.28. The second kappa shape index (κ2) is 7.58. The average molecular weight is 351 g/mol. The van der Waals surface area contributed by atoms with E-state index in [9.17, 15) is 4.39 Å². The molecule has 0 aliphatic heterocycles. The van der Waals surface area contributed by atoms with Gasteiger partial charge in [0.1, 0.15) is 5.82 Å². The molecule has 0 bridgehead atoms. The first-order valence-corrected chi connectivity index (χ1v) is 9.64. The molecule has 0 radical (unpaired) electrons. The van der Waals surface area contributed by atoms with E-state index in [1.165, 1.54) is 32.1 Å². The van der Waals surface area contributed by atoms with Crippen LogP contribution < -0.4 is 5.32 Å². The van der Waals surface area contributed by atoms with Crippen LogP contribution >= 0.6 is 0 Å². The molecular weight excluding hydrogens is 325 g/mol. The fraction of sp³-hybridized carbons (Fsp3) is 0.409. The molecule has 0 amide bonds. The van der Waals surface area contributed by atoms with Crippen molar-refractivity contribution in [1.29, 1.82) is 0 Å². The van der Waals surface area contributed by atoms with Crippen LogP contribution in [-0.4, -0.2) is 16.5 Å². The Hall–Kier alpha value is -2.20. The molecule has 0 unspecified atom stereocenters. The van der Waals surface area contributed by atoms with Crippen molar-refractivity contribution in [2.75, 3.05) is 6.54 Å². The number of aryl methyl sites for hydroxylation is 1. The molecule has 1 aliphatic rings. The summed E-state index contributed by atoms with van der Waals surface area (Å²) in [6, 6.07) is 9.67. The second-order valence-corrected chi connectivity index (χ2v) is 7.53. The molecule has 3 nitrogen and oxygen atoms in total. The molecule has 0 saturated heterocycles. The third kappa shape index (κ3) is 3.65. The van der Waals surface area contributed by atoms with Gasteiger partial charge in [-0.1, -0.05) is 31.4 Å². The van der Waals surface area contributed by atoms with E-state index in [2.05, 4.69) is 21.4 Å². The Morgan fingerprint density at radius 1 is 1.15 bits per heavy atom. The summed E-state index contributed by atoms with van der Waals surface area (Å²) < 4.78 is 14.6. The summed E-state index contributed by atoms with van der Waals surface area (Å²) >= 11 is 0. The Labute approximate surface area is 154 Å². The lowest BCUT2D eigenvalue weighted by molar-refractivity contribution is 0.341. The van der Waals surface area contributed by atoms with Gasteiger partial charge in [0.15, 0.2) is 0 Å². The maximum absolute atomic E-state index is 14.6. The minimum absolute atomic E-state index is 0.139. The third-order valence-electron chi connectivity index (χ3n) is 5.60. The summed E-state index contributed by atoms with van der Waals surface area (Å²) in [7, 11) is 0. The van der Waals surface area contributed by atoms with Crippen molar-refractivity contribution in [3.63, 3.8) is 0 Å². The number of fused-ring (bicyclic) bond motifs is 1. The van der Waals surface area contributed by atoms with Crippen LogP contribution in [0.25, 0.3) is 22.2 Å². The lowest BCUT2D eigenvalue weighted by Crippen LogP contribution is -2.24. The summed E-state index contributed by atoms with van der Waals surface area (Å²) in [5.74, 6) is 0.620. The number of aromatic amines is 1. The minimum Gasteiger partial charge on any atom is -0.345 e. The van der Waals surface area contributed by atoms with Gasteiger partial charge in [0, 0.05) is 12.1 Å². The Morgan fingerprint density at radius 3 is 2.81 bits per heavy atom. The van der Waals surface area contributed by atoms with Crippen LogP contribution in [0.4, 0.5) is 4.39 Å². The van der Waals surface area contributed by atoms with E-state index in [-0.39, 0.29) is 5.82 Å². The number of rotatable bonds is 5. The number of imidazole rings is 1. The SMILES string of the molecule is Cc1cc2[nH]cnc2cc1-c1ccc(CNCC2CCCCC2)c(F)c1. The summed E-state index contributed by atoms with van der Waals surface area (Å²) in [6.45, 7) is 3.64. The van der Waals surface area contributed by atoms with E-state index >= 15 is 0 Å². The van der Waals surface area contributed by atoms with Crippen molar-refractivity contribution >= 4 is 11.0 Å². The summed E-state index contributed by atoms with van der Waals surface area (Å²) in [5, 5.41) is 3.45. The zero-order chi connectivity index (χ0) is 17.9. The molecule has 0 atom stereocenters. The summed E-state index contributed by atoms with van der Waals surface area (Å²) in [5.41, 5.74) is 5.71. The number of halogens is 1. The third-order valence-corrected chi connectivity index (χ3v) is 5.60. The molecule has 1 fully saturated rings. The van der Waals surface area contributed by atoms with Crippen LogP contribution in [0.1, 0.15) is 43.2 Å². The molecule has 4 rings (SSSR count). The van der Waals surface area contributed by atoms with E-state index in [0.29, 0.717) is 6.54 Å². The average Bonchev–Trinajstić information content (AvgIpc) is 3.10. The molecule has 0 spiro atoms. The number of hydrogen-bond acceptors (Lipinski definition) is 2. The fourth-order valence-electron chi connectivity index (χ4n) is 4.06. The molecule has 4 heteroatoms. The van der Waals surface area contributed by atoms with Crippen LogP contribution in [0, 0.1) is 18.7 Å². The van der Waals surface area contributed by atoms with Crippen molar-refractivity contribution in [2.45, 2.75) is 45.6 Å². The standard InChI is InChI=1S/C22H26FN3/c1-15-9-21-22(26-14-25-21)11-19(15)17-7-8-18(20(23)10-17)13-24-12-16-5-3-2-4-6-16/h7-11,14,16,24H,2-6,12-13H2,1H3,(H,25,26). The van der Waals surface area contributed by atoms with Crippen molar-refractivity contribution in [1.82, 2.24) is 15.3 Å². The Bertz CT molecular complexity index is 894. The van der Waals surface area contributed by atoms with Gasteiger partial charge in [0.05, 0.1) is 17.4 Å². The zero-order valence-electron chi connectivity index (χ0n) is 15.3. The highest BCUT2D eigenvalue weighted by atomic mass is 19.1. The first-order valence-electron chi connectivity index (χ1n) is 9.64. The monoisotopic (exact) mass is 351 g/mol. The van der Waals surface area contributed by atoms with E-state index in [0.717, 1.165) is 45.7 Å². The van der Waals surface area contributed by atoms with Crippen LogP contribution in [0.2, 0.25) is 0 Å². The zero-order valence-corrected chi connectivity index (χ0v) is 15.3. The molecule has 1 aromatic heterocycles. The molecule has 2 aromatic carbocycles. The summed E-state index contributed by atoms with van der Waals surface area (Å²) in [6.07, 6.45) is 8.36. The highest BCUT2D eigenvalue weighted by Gasteiger charge is 2.13. The van der Waals surface area contributed by atoms with Gasteiger partial charge in [-0.15, -0.1) is 0 Å².